The van der Waals surface area contributed by atoms with Crippen LogP contribution >= 0.6 is 11.3 Å². The highest BCUT2D eigenvalue weighted by Crippen LogP contribution is 2.36. The van der Waals surface area contributed by atoms with Crippen LogP contribution in [-0.2, 0) is 27.2 Å². The van der Waals surface area contributed by atoms with Gasteiger partial charge in [0.15, 0.2) is 12.0 Å². The van der Waals surface area contributed by atoms with Crippen LogP contribution in [-0.4, -0.2) is 18.5 Å². The molecule has 1 aromatic rings. The van der Waals surface area contributed by atoms with Gasteiger partial charge in [-0.3, -0.25) is 15.4 Å². The molecule has 1 aromatic heterocycles. The van der Waals surface area contributed by atoms with Crippen molar-refractivity contribution in [3.8, 4) is 0 Å². The molecule has 146 valence electrons. The van der Waals surface area contributed by atoms with Gasteiger partial charge in [-0.1, -0.05) is 18.2 Å². The van der Waals surface area contributed by atoms with Crippen molar-refractivity contribution in [3.63, 3.8) is 0 Å². The molecule has 0 bridgehead atoms. The number of rotatable bonds is 4. The fourth-order valence-electron chi connectivity index (χ4n) is 3.16. The van der Waals surface area contributed by atoms with Crippen molar-refractivity contribution in [2.24, 2.45) is 5.73 Å². The van der Waals surface area contributed by atoms with Gasteiger partial charge >= 0.3 is 6.03 Å². The van der Waals surface area contributed by atoms with E-state index in [1.165, 1.54) is 23.9 Å². The SMILES string of the molecule is NC(=O)c1c(NC(=O)NC2=COC=C(C3=CC=CCC3)O2)sc2c1CCOC2. The molecule has 0 aromatic carbocycles. The van der Waals surface area contributed by atoms with Gasteiger partial charge < -0.3 is 19.9 Å². The summed E-state index contributed by atoms with van der Waals surface area (Å²) in [5.41, 5.74) is 7.69. The molecule has 9 heteroatoms. The van der Waals surface area contributed by atoms with Gasteiger partial charge in [-0.2, -0.15) is 0 Å². The van der Waals surface area contributed by atoms with Crippen LogP contribution in [0.1, 0.15) is 33.6 Å². The fourth-order valence-corrected chi connectivity index (χ4v) is 4.34. The molecule has 0 fully saturated rings. The van der Waals surface area contributed by atoms with Gasteiger partial charge in [0.2, 0.25) is 5.88 Å². The minimum atomic E-state index is -0.575. The number of nitrogens with one attached hydrogen (secondary N) is 2. The maximum Gasteiger partial charge on any atom is 0.326 e. The maximum atomic E-state index is 12.4. The molecule has 0 saturated carbocycles. The summed E-state index contributed by atoms with van der Waals surface area (Å²) >= 11 is 1.29. The number of anilines is 1. The van der Waals surface area contributed by atoms with E-state index in [1.54, 1.807) is 0 Å². The Bertz CT molecular complexity index is 942. The molecule has 0 radical (unpaired) electrons. The number of primary amides is 1. The highest BCUT2D eigenvalue weighted by molar-refractivity contribution is 7.17. The van der Waals surface area contributed by atoms with Crippen LogP contribution in [0.4, 0.5) is 9.80 Å². The fraction of sp³-hybridized carbons (Fsp3) is 0.263. The Labute approximate surface area is 165 Å². The molecule has 3 amide bonds. The lowest BCUT2D eigenvalue weighted by atomic mass is 10.0. The molecule has 3 heterocycles. The first-order valence-electron chi connectivity index (χ1n) is 8.81. The molecule has 4 N–H and O–H groups in total. The van der Waals surface area contributed by atoms with Crippen molar-refractivity contribution < 1.29 is 23.8 Å². The molecular weight excluding hydrogens is 382 g/mol. The number of hydrogen-bond acceptors (Lipinski definition) is 6. The molecule has 28 heavy (non-hydrogen) atoms. The first kappa shape index (κ1) is 18.3. The first-order valence-corrected chi connectivity index (χ1v) is 9.63. The summed E-state index contributed by atoms with van der Waals surface area (Å²) < 4.78 is 16.4. The minimum Gasteiger partial charge on any atom is -0.463 e. The summed E-state index contributed by atoms with van der Waals surface area (Å²) in [6.07, 6.45) is 11.1. The molecular formula is C19H19N3O5S. The topological polar surface area (TPSA) is 112 Å². The second-order valence-electron chi connectivity index (χ2n) is 6.31. The highest BCUT2D eigenvalue weighted by atomic mass is 32.1. The number of nitrogens with two attached hydrogens (primary N) is 1. The van der Waals surface area contributed by atoms with Crippen LogP contribution < -0.4 is 16.4 Å². The molecule has 2 aliphatic heterocycles. The zero-order valence-corrected chi connectivity index (χ0v) is 15.8. The largest absolute Gasteiger partial charge is 0.463 e. The van der Waals surface area contributed by atoms with E-state index in [0.717, 1.165) is 28.9 Å². The van der Waals surface area contributed by atoms with Gasteiger partial charge in [-0.05, 0) is 30.4 Å². The Morgan fingerprint density at radius 3 is 2.86 bits per heavy atom. The van der Waals surface area contributed by atoms with Crippen LogP contribution in [0.2, 0.25) is 0 Å². The Balaban J connectivity index is 1.43. The average Bonchev–Trinajstić information content (AvgIpc) is 3.06. The molecule has 8 nitrogen and oxygen atoms in total. The number of carbonyl (C=O) groups excluding carboxylic acids is 2. The number of thiophene rings is 1. The predicted molar refractivity (Wildman–Crippen MR) is 103 cm³/mol. The van der Waals surface area contributed by atoms with E-state index < -0.39 is 11.9 Å². The van der Waals surface area contributed by atoms with Gasteiger partial charge in [-0.25, -0.2) is 4.79 Å². The van der Waals surface area contributed by atoms with E-state index in [1.807, 2.05) is 12.2 Å². The van der Waals surface area contributed by atoms with Crippen LogP contribution in [0.3, 0.4) is 0 Å². The number of carbonyl (C=O) groups is 2. The Morgan fingerprint density at radius 2 is 2.07 bits per heavy atom. The lowest BCUT2D eigenvalue weighted by Gasteiger charge is -2.19. The van der Waals surface area contributed by atoms with E-state index in [0.29, 0.717) is 36.0 Å². The molecule has 0 atom stereocenters. The molecule has 0 spiro atoms. The second kappa shape index (κ2) is 7.91. The number of amides is 3. The summed E-state index contributed by atoms with van der Waals surface area (Å²) in [7, 11) is 0. The van der Waals surface area contributed by atoms with Gasteiger partial charge in [0.25, 0.3) is 5.91 Å². The highest BCUT2D eigenvalue weighted by Gasteiger charge is 2.26. The lowest BCUT2D eigenvalue weighted by Crippen LogP contribution is -2.30. The van der Waals surface area contributed by atoms with Gasteiger partial charge in [0, 0.05) is 4.88 Å². The van der Waals surface area contributed by atoms with Crippen molar-refractivity contribution in [1.29, 1.82) is 0 Å². The van der Waals surface area contributed by atoms with Crippen LogP contribution in [0.15, 0.2) is 48.0 Å². The number of ether oxygens (including phenoxy) is 3. The van der Waals surface area contributed by atoms with Gasteiger partial charge in [-0.15, -0.1) is 11.3 Å². The third kappa shape index (κ3) is 3.80. The van der Waals surface area contributed by atoms with Gasteiger partial charge in [0.05, 0.1) is 18.8 Å². The van der Waals surface area contributed by atoms with Crippen LogP contribution in [0.5, 0.6) is 0 Å². The monoisotopic (exact) mass is 401 g/mol. The van der Waals surface area contributed by atoms with E-state index in [4.69, 9.17) is 19.9 Å². The Kier molecular flexibility index (Phi) is 5.18. The van der Waals surface area contributed by atoms with E-state index in [9.17, 15) is 9.59 Å². The lowest BCUT2D eigenvalue weighted by molar-refractivity contribution is 0.0991. The normalized spacial score (nSPS) is 17.9. The minimum absolute atomic E-state index is 0.149. The molecule has 1 aliphatic carbocycles. The molecule has 0 unspecified atom stereocenters. The van der Waals surface area contributed by atoms with Crippen molar-refractivity contribution >= 4 is 28.3 Å². The Hall–Kier alpha value is -3.04. The first-order chi connectivity index (χ1) is 13.6. The Morgan fingerprint density at radius 1 is 1.18 bits per heavy atom. The number of fused-ring (bicyclic) bond motifs is 1. The standard InChI is InChI=1S/C19H19N3O5S/c20-17(23)16-12-6-7-25-9-14(12)28-18(16)22-19(24)21-15-10-26-8-13(27-15)11-4-2-1-3-5-11/h1-2,4,8,10H,3,5-7,9H2,(H2,20,23)(H2,21,22,24). The zero-order valence-electron chi connectivity index (χ0n) is 14.9. The van der Waals surface area contributed by atoms with E-state index in [2.05, 4.69) is 16.7 Å². The zero-order chi connectivity index (χ0) is 19.5. The molecule has 4 rings (SSSR count). The van der Waals surface area contributed by atoms with E-state index >= 15 is 0 Å². The van der Waals surface area contributed by atoms with Crippen molar-refractivity contribution in [1.82, 2.24) is 5.32 Å². The summed E-state index contributed by atoms with van der Waals surface area (Å²) in [4.78, 5) is 25.2. The molecule has 3 aliphatic rings. The van der Waals surface area contributed by atoms with Crippen LogP contribution in [0.25, 0.3) is 0 Å². The summed E-state index contributed by atoms with van der Waals surface area (Å²) in [6.45, 7) is 0.928. The predicted octanol–water partition coefficient (Wildman–Crippen LogP) is 3.00. The quantitative estimate of drug-likeness (QED) is 0.718. The number of hydrogen-bond donors (Lipinski definition) is 3. The van der Waals surface area contributed by atoms with Crippen molar-refractivity contribution in [3.05, 3.63) is 64.0 Å². The smallest absolute Gasteiger partial charge is 0.326 e. The summed E-state index contributed by atoms with van der Waals surface area (Å²) in [5.74, 6) is 0.119. The van der Waals surface area contributed by atoms with Crippen molar-refractivity contribution in [2.45, 2.75) is 25.9 Å². The third-order valence-electron chi connectivity index (χ3n) is 4.43. The van der Waals surface area contributed by atoms with Gasteiger partial charge in [0.1, 0.15) is 11.3 Å². The maximum absolute atomic E-state index is 12.4. The average molecular weight is 401 g/mol. The van der Waals surface area contributed by atoms with Crippen molar-refractivity contribution in [2.75, 3.05) is 11.9 Å². The summed E-state index contributed by atoms with van der Waals surface area (Å²) in [5, 5.41) is 5.66. The molecule has 0 saturated heterocycles. The van der Waals surface area contributed by atoms with E-state index in [-0.39, 0.29) is 5.88 Å². The number of allylic oxidation sites excluding steroid dienone is 4. The third-order valence-corrected chi connectivity index (χ3v) is 5.55. The summed E-state index contributed by atoms with van der Waals surface area (Å²) in [6, 6.07) is -0.560. The van der Waals surface area contributed by atoms with Crippen LogP contribution in [0, 0.1) is 0 Å². The second-order valence-corrected chi connectivity index (χ2v) is 7.42. The number of urea groups is 1.